The molecular weight excluding hydrogens is 328 g/mol. The van der Waals surface area contributed by atoms with Crippen molar-refractivity contribution >= 4 is 35.5 Å². The van der Waals surface area contributed by atoms with Crippen molar-refractivity contribution in [3.63, 3.8) is 0 Å². The van der Waals surface area contributed by atoms with Gasteiger partial charge in [-0.2, -0.15) is 0 Å². The van der Waals surface area contributed by atoms with Crippen LogP contribution in [0.4, 0.5) is 0 Å². The van der Waals surface area contributed by atoms with E-state index >= 15 is 0 Å². The smallest absolute Gasteiger partial charge is 0.217 e. The summed E-state index contributed by atoms with van der Waals surface area (Å²) >= 11 is 7.33. The molecule has 0 aromatic carbocycles. The molecular formula is C18H34O3S2. The Labute approximate surface area is 152 Å². The average Bonchev–Trinajstić information content (AvgIpc) is 2.47. The first kappa shape index (κ1) is 23.0. The number of aliphatic hydroxyl groups is 1. The minimum atomic E-state index is -1.64. The second kappa shape index (κ2) is 14.4. The first-order chi connectivity index (χ1) is 10.9. The molecule has 1 atom stereocenters. The molecule has 0 rings (SSSR count). The van der Waals surface area contributed by atoms with E-state index in [0.29, 0.717) is 6.42 Å². The molecule has 0 spiro atoms. The molecule has 0 saturated carbocycles. The molecule has 23 heavy (non-hydrogen) atoms. The molecule has 136 valence electrons. The van der Waals surface area contributed by atoms with Crippen LogP contribution in [0, 0.1) is 0 Å². The van der Waals surface area contributed by atoms with Crippen LogP contribution < -0.4 is 0 Å². The summed E-state index contributed by atoms with van der Waals surface area (Å²) in [6.07, 6.45) is 14.7. The van der Waals surface area contributed by atoms with Gasteiger partial charge >= 0.3 is 0 Å². The highest BCUT2D eigenvalue weighted by Crippen LogP contribution is 2.24. The highest BCUT2D eigenvalue weighted by Gasteiger charge is 2.34. The van der Waals surface area contributed by atoms with Crippen LogP contribution in [0.2, 0.25) is 0 Å². The fourth-order valence-electron chi connectivity index (χ4n) is 2.78. The number of carbonyl (C=O) groups is 2. The summed E-state index contributed by atoms with van der Waals surface area (Å²) in [4.78, 5) is 22.4. The Hall–Kier alpha value is -0.0000000000000000555. The van der Waals surface area contributed by atoms with E-state index in [9.17, 15) is 14.7 Å². The van der Waals surface area contributed by atoms with Gasteiger partial charge in [-0.25, -0.2) is 0 Å². The van der Waals surface area contributed by atoms with E-state index in [4.69, 9.17) is 0 Å². The quantitative estimate of drug-likeness (QED) is 0.264. The zero-order chi connectivity index (χ0) is 17.6. The number of carbonyl (C=O) groups excluding carboxylic acids is 2. The van der Waals surface area contributed by atoms with Crippen LogP contribution in [0.5, 0.6) is 0 Å². The van der Waals surface area contributed by atoms with Gasteiger partial charge in [0.2, 0.25) is 5.12 Å². The maximum atomic E-state index is 11.4. The van der Waals surface area contributed by atoms with Crippen molar-refractivity contribution in [2.45, 2.75) is 102 Å². The SMILES string of the molecule is CCCCCCCCCCCCCCC(O)(CC(=O)S)C(=O)S. The van der Waals surface area contributed by atoms with Crippen molar-refractivity contribution in [1.29, 1.82) is 0 Å². The van der Waals surface area contributed by atoms with Gasteiger partial charge in [-0.3, -0.25) is 9.59 Å². The molecule has 0 aromatic rings. The van der Waals surface area contributed by atoms with Gasteiger partial charge in [-0.15, -0.1) is 25.3 Å². The van der Waals surface area contributed by atoms with E-state index in [2.05, 4.69) is 32.2 Å². The lowest BCUT2D eigenvalue weighted by Crippen LogP contribution is -2.37. The van der Waals surface area contributed by atoms with Gasteiger partial charge in [0.1, 0.15) is 5.60 Å². The monoisotopic (exact) mass is 362 g/mol. The van der Waals surface area contributed by atoms with Gasteiger partial charge in [-0.05, 0) is 6.42 Å². The van der Waals surface area contributed by atoms with Crippen LogP contribution in [0.25, 0.3) is 0 Å². The molecule has 0 aromatic heterocycles. The van der Waals surface area contributed by atoms with E-state index in [1.165, 1.54) is 57.8 Å². The van der Waals surface area contributed by atoms with Crippen LogP contribution in [0.1, 0.15) is 96.8 Å². The fraction of sp³-hybridized carbons (Fsp3) is 0.889. The summed E-state index contributed by atoms with van der Waals surface area (Å²) in [5.74, 6) is 0. The molecule has 5 heteroatoms. The molecule has 0 bridgehead atoms. The molecule has 0 fully saturated rings. The zero-order valence-corrected chi connectivity index (χ0v) is 16.3. The molecule has 0 amide bonds. The Bertz CT molecular complexity index is 334. The van der Waals surface area contributed by atoms with Crippen molar-refractivity contribution < 1.29 is 14.7 Å². The highest BCUT2D eigenvalue weighted by atomic mass is 32.1. The van der Waals surface area contributed by atoms with Gasteiger partial charge in [0.15, 0.2) is 5.12 Å². The fourth-order valence-corrected chi connectivity index (χ4v) is 3.23. The normalized spacial score (nSPS) is 13.7. The van der Waals surface area contributed by atoms with Gasteiger partial charge < -0.3 is 5.11 Å². The topological polar surface area (TPSA) is 54.4 Å². The van der Waals surface area contributed by atoms with Crippen molar-refractivity contribution in [2.24, 2.45) is 0 Å². The van der Waals surface area contributed by atoms with Gasteiger partial charge in [0.25, 0.3) is 0 Å². The summed E-state index contributed by atoms with van der Waals surface area (Å²) < 4.78 is 0. The third kappa shape index (κ3) is 13.0. The van der Waals surface area contributed by atoms with Crippen LogP contribution in [-0.2, 0) is 9.59 Å². The number of hydrogen-bond donors (Lipinski definition) is 3. The molecule has 3 nitrogen and oxygen atoms in total. The Morgan fingerprint density at radius 2 is 1.17 bits per heavy atom. The molecule has 0 saturated heterocycles. The maximum Gasteiger partial charge on any atom is 0.217 e. The summed E-state index contributed by atoms with van der Waals surface area (Å²) in [7, 11) is 0. The minimum absolute atomic E-state index is 0.253. The van der Waals surface area contributed by atoms with E-state index in [0.717, 1.165) is 19.3 Å². The van der Waals surface area contributed by atoms with E-state index < -0.39 is 15.8 Å². The predicted molar refractivity (Wildman–Crippen MR) is 103 cm³/mol. The van der Waals surface area contributed by atoms with E-state index in [1.807, 2.05) is 0 Å². The van der Waals surface area contributed by atoms with Crippen LogP contribution >= 0.6 is 25.3 Å². The average molecular weight is 363 g/mol. The number of rotatable bonds is 16. The molecule has 0 radical (unpaired) electrons. The summed E-state index contributed by atoms with van der Waals surface area (Å²) in [6.45, 7) is 2.24. The number of thiol groups is 2. The number of hydrogen-bond acceptors (Lipinski definition) is 3. The molecule has 0 heterocycles. The zero-order valence-electron chi connectivity index (χ0n) is 14.6. The maximum absolute atomic E-state index is 11.4. The van der Waals surface area contributed by atoms with Gasteiger partial charge in [0, 0.05) is 0 Å². The second-order valence-electron chi connectivity index (χ2n) is 6.55. The summed E-state index contributed by atoms with van der Waals surface area (Å²) in [5.41, 5.74) is -1.64. The van der Waals surface area contributed by atoms with Crippen molar-refractivity contribution in [2.75, 3.05) is 0 Å². The van der Waals surface area contributed by atoms with Crippen molar-refractivity contribution in [3.05, 3.63) is 0 Å². The van der Waals surface area contributed by atoms with E-state index in [1.54, 1.807) is 0 Å². The van der Waals surface area contributed by atoms with Crippen molar-refractivity contribution in [1.82, 2.24) is 0 Å². The lowest BCUT2D eigenvalue weighted by Gasteiger charge is -2.22. The third-order valence-corrected chi connectivity index (χ3v) is 4.86. The largest absolute Gasteiger partial charge is 0.381 e. The Morgan fingerprint density at radius 3 is 1.52 bits per heavy atom. The summed E-state index contributed by atoms with van der Waals surface area (Å²) in [6, 6.07) is 0. The molecule has 0 aliphatic rings. The van der Waals surface area contributed by atoms with Crippen LogP contribution in [-0.4, -0.2) is 20.9 Å². The highest BCUT2D eigenvalue weighted by molar-refractivity contribution is 7.97. The molecule has 1 unspecified atom stereocenters. The molecule has 1 N–H and O–H groups in total. The van der Waals surface area contributed by atoms with Crippen LogP contribution in [0.3, 0.4) is 0 Å². The standard InChI is InChI=1S/C18H34O3S2/c1-2-3-4-5-6-7-8-9-10-11-12-13-14-18(21,17(20)23)15-16(19)22/h21H,2-15H2,1H3,(H,19,22)(H,20,23). The summed E-state index contributed by atoms with van der Waals surface area (Å²) in [5, 5.41) is 9.01. The van der Waals surface area contributed by atoms with Crippen LogP contribution in [0.15, 0.2) is 0 Å². The lowest BCUT2D eigenvalue weighted by molar-refractivity contribution is -0.133. The third-order valence-electron chi connectivity index (χ3n) is 4.29. The van der Waals surface area contributed by atoms with E-state index in [-0.39, 0.29) is 6.42 Å². The first-order valence-corrected chi connectivity index (χ1v) is 9.99. The van der Waals surface area contributed by atoms with Crippen molar-refractivity contribution in [3.8, 4) is 0 Å². The molecule has 0 aliphatic carbocycles. The predicted octanol–water partition coefficient (Wildman–Crippen LogP) is 5.11. The first-order valence-electron chi connectivity index (χ1n) is 9.10. The van der Waals surface area contributed by atoms with Gasteiger partial charge in [0.05, 0.1) is 6.42 Å². The lowest BCUT2D eigenvalue weighted by atomic mass is 9.94. The van der Waals surface area contributed by atoms with Gasteiger partial charge in [-0.1, -0.05) is 84.0 Å². The Morgan fingerprint density at radius 1 is 0.783 bits per heavy atom. The Kier molecular flexibility index (Phi) is 14.4. The number of unbranched alkanes of at least 4 members (excludes halogenated alkanes) is 11. The second-order valence-corrected chi connectivity index (χ2v) is 7.45. The Balaban J connectivity index is 3.54. The molecule has 0 aliphatic heterocycles. The minimum Gasteiger partial charge on any atom is -0.381 e.